The van der Waals surface area contributed by atoms with Gasteiger partial charge in [-0.2, -0.15) is 0 Å². The fraction of sp³-hybridized carbons (Fsp3) is 0.200. The van der Waals surface area contributed by atoms with Crippen LogP contribution in [0.1, 0.15) is 6.42 Å². The lowest BCUT2D eigenvalue weighted by atomic mass is 10.3. The van der Waals surface area contributed by atoms with Crippen molar-refractivity contribution in [2.45, 2.75) is 11.3 Å². The molecule has 0 radical (unpaired) electrons. The Hall–Kier alpha value is -1.45. The fourth-order valence-electron chi connectivity index (χ4n) is 1.07. The summed E-state index contributed by atoms with van der Waals surface area (Å²) in [5.41, 5.74) is 0. The quantitative estimate of drug-likeness (QED) is 0.641. The first kappa shape index (κ1) is 12.6. The van der Waals surface area contributed by atoms with Crippen molar-refractivity contribution in [1.82, 2.24) is 4.72 Å². The van der Waals surface area contributed by atoms with Gasteiger partial charge in [-0.25, -0.2) is 21.9 Å². The van der Waals surface area contributed by atoms with E-state index in [0.29, 0.717) is 0 Å². The van der Waals surface area contributed by atoms with E-state index in [0.717, 1.165) is 18.2 Å². The maximum Gasteiger partial charge on any atom is 0.246 e. The predicted molar refractivity (Wildman–Crippen MR) is 55.0 cm³/mol. The average Bonchev–Trinajstić information content (AvgIpc) is 2.17. The molecule has 0 spiro atoms. The van der Waals surface area contributed by atoms with Crippen LogP contribution in [0.2, 0.25) is 0 Å². The molecule has 3 nitrogen and oxygen atoms in total. The van der Waals surface area contributed by atoms with E-state index >= 15 is 0 Å². The smallest absolute Gasteiger partial charge is 0.210 e. The van der Waals surface area contributed by atoms with Gasteiger partial charge >= 0.3 is 0 Å². The molecule has 0 aliphatic carbocycles. The third-order valence-corrected chi connectivity index (χ3v) is 3.26. The van der Waals surface area contributed by atoms with E-state index in [1.54, 1.807) is 0 Å². The monoisotopic (exact) mass is 245 g/mol. The lowest BCUT2D eigenvalue weighted by Gasteiger charge is -2.06. The molecular weight excluding hydrogens is 236 g/mol. The molecule has 0 fully saturated rings. The molecule has 0 aliphatic rings. The highest BCUT2D eigenvalue weighted by Crippen LogP contribution is 2.17. The number of nitrogens with one attached hydrogen (secondary N) is 1. The molecule has 16 heavy (non-hydrogen) atoms. The molecule has 86 valence electrons. The van der Waals surface area contributed by atoms with E-state index < -0.39 is 26.6 Å². The van der Waals surface area contributed by atoms with Gasteiger partial charge in [-0.15, -0.1) is 12.3 Å². The minimum Gasteiger partial charge on any atom is -0.210 e. The van der Waals surface area contributed by atoms with Crippen LogP contribution in [0.4, 0.5) is 8.78 Å². The zero-order chi connectivity index (χ0) is 12.2. The fourth-order valence-corrected chi connectivity index (χ4v) is 2.23. The summed E-state index contributed by atoms with van der Waals surface area (Å²) in [5.74, 6) is -0.0560. The first-order valence-corrected chi connectivity index (χ1v) is 5.84. The molecule has 1 rings (SSSR count). The van der Waals surface area contributed by atoms with Crippen molar-refractivity contribution in [3.63, 3.8) is 0 Å². The van der Waals surface area contributed by atoms with Crippen LogP contribution in [0.3, 0.4) is 0 Å². The summed E-state index contributed by atoms with van der Waals surface area (Å²) < 4.78 is 51.3. The number of rotatable bonds is 4. The van der Waals surface area contributed by atoms with Crippen molar-refractivity contribution in [3.8, 4) is 12.3 Å². The summed E-state index contributed by atoms with van der Waals surface area (Å²) >= 11 is 0. The van der Waals surface area contributed by atoms with E-state index in [4.69, 9.17) is 6.42 Å². The minimum absolute atomic E-state index is 0.0629. The zero-order valence-electron chi connectivity index (χ0n) is 8.20. The Balaban J connectivity index is 3.04. The van der Waals surface area contributed by atoms with Gasteiger partial charge in [0.2, 0.25) is 10.0 Å². The first-order valence-electron chi connectivity index (χ1n) is 4.36. The van der Waals surface area contributed by atoms with Crippen LogP contribution >= 0.6 is 0 Å². The van der Waals surface area contributed by atoms with Gasteiger partial charge in [0.1, 0.15) is 11.6 Å². The molecule has 0 unspecified atom stereocenters. The van der Waals surface area contributed by atoms with Gasteiger partial charge in [-0.05, 0) is 12.1 Å². The second kappa shape index (κ2) is 5.05. The van der Waals surface area contributed by atoms with Crippen molar-refractivity contribution in [3.05, 3.63) is 29.8 Å². The van der Waals surface area contributed by atoms with E-state index in [9.17, 15) is 17.2 Å². The number of halogens is 2. The van der Waals surface area contributed by atoms with Gasteiger partial charge in [0.15, 0.2) is 4.90 Å². The number of hydrogen-bond donors (Lipinski definition) is 1. The summed E-state index contributed by atoms with van der Waals surface area (Å²) in [4.78, 5) is -0.980. The second-order valence-electron chi connectivity index (χ2n) is 2.90. The van der Waals surface area contributed by atoms with Crippen LogP contribution in [0.25, 0.3) is 0 Å². The van der Waals surface area contributed by atoms with Crippen molar-refractivity contribution in [2.24, 2.45) is 0 Å². The normalized spacial score (nSPS) is 11.1. The van der Waals surface area contributed by atoms with E-state index in [1.165, 1.54) is 0 Å². The molecule has 1 aromatic carbocycles. The van der Waals surface area contributed by atoms with Crippen LogP contribution in [-0.2, 0) is 10.0 Å². The second-order valence-corrected chi connectivity index (χ2v) is 4.61. The summed E-state index contributed by atoms with van der Waals surface area (Å²) in [6, 6.07) is 2.84. The summed E-state index contributed by atoms with van der Waals surface area (Å²) in [6.07, 6.45) is 5.07. The highest BCUT2D eigenvalue weighted by Gasteiger charge is 2.22. The molecule has 0 heterocycles. The molecule has 1 N–H and O–H groups in total. The topological polar surface area (TPSA) is 46.2 Å². The Morgan fingerprint density at radius 3 is 2.38 bits per heavy atom. The van der Waals surface area contributed by atoms with Crippen molar-refractivity contribution in [1.29, 1.82) is 0 Å². The molecule has 0 saturated carbocycles. The molecule has 0 atom stereocenters. The number of sulfonamides is 1. The molecule has 0 aliphatic heterocycles. The highest BCUT2D eigenvalue weighted by molar-refractivity contribution is 7.89. The molecule has 1 aromatic rings. The van der Waals surface area contributed by atoms with Crippen LogP contribution in [0.5, 0.6) is 0 Å². The van der Waals surface area contributed by atoms with Crippen molar-refractivity contribution >= 4 is 10.0 Å². The third kappa shape index (κ3) is 2.78. The zero-order valence-corrected chi connectivity index (χ0v) is 9.02. The Morgan fingerprint density at radius 2 is 1.88 bits per heavy atom. The Bertz CT molecular complexity index is 500. The van der Waals surface area contributed by atoms with Gasteiger partial charge in [0.05, 0.1) is 0 Å². The lowest BCUT2D eigenvalue weighted by molar-refractivity contribution is 0.514. The minimum atomic E-state index is -4.19. The highest BCUT2D eigenvalue weighted by atomic mass is 32.2. The molecule has 0 amide bonds. The van der Waals surface area contributed by atoms with Crippen LogP contribution in [0, 0.1) is 24.0 Å². The van der Waals surface area contributed by atoms with Gasteiger partial charge in [-0.1, -0.05) is 6.07 Å². The Labute approximate surface area is 92.5 Å². The van der Waals surface area contributed by atoms with E-state index in [1.807, 2.05) is 4.72 Å². The number of benzene rings is 1. The summed E-state index contributed by atoms with van der Waals surface area (Å²) in [6.45, 7) is -0.0629. The maximum atomic E-state index is 13.2. The first-order chi connectivity index (χ1) is 7.49. The van der Waals surface area contributed by atoms with Crippen LogP contribution in [0.15, 0.2) is 23.1 Å². The average molecular weight is 245 g/mol. The molecular formula is C10H9F2NO2S. The van der Waals surface area contributed by atoms with Gasteiger partial charge in [-0.3, -0.25) is 0 Å². The van der Waals surface area contributed by atoms with Crippen molar-refractivity contribution in [2.75, 3.05) is 6.54 Å². The molecule has 0 bridgehead atoms. The van der Waals surface area contributed by atoms with E-state index in [-0.39, 0.29) is 13.0 Å². The predicted octanol–water partition coefficient (Wildman–Crippen LogP) is 1.27. The Morgan fingerprint density at radius 1 is 1.31 bits per heavy atom. The Kier molecular flexibility index (Phi) is 3.99. The summed E-state index contributed by atoms with van der Waals surface area (Å²) in [5, 5.41) is 0. The maximum absolute atomic E-state index is 13.2. The van der Waals surface area contributed by atoms with Crippen molar-refractivity contribution < 1.29 is 17.2 Å². The van der Waals surface area contributed by atoms with Gasteiger partial charge < -0.3 is 0 Å². The van der Waals surface area contributed by atoms with Gasteiger partial charge in [0, 0.05) is 13.0 Å². The molecule has 0 saturated heterocycles. The lowest BCUT2D eigenvalue weighted by Crippen LogP contribution is -2.26. The molecule has 0 aromatic heterocycles. The largest absolute Gasteiger partial charge is 0.246 e. The molecule has 6 heteroatoms. The van der Waals surface area contributed by atoms with Crippen LogP contribution < -0.4 is 4.72 Å². The summed E-state index contributed by atoms with van der Waals surface area (Å²) in [7, 11) is -4.19. The number of terminal acetylenes is 1. The van der Waals surface area contributed by atoms with Gasteiger partial charge in [0.25, 0.3) is 0 Å². The SMILES string of the molecule is C#CCCNS(=O)(=O)c1c(F)cccc1F. The van der Waals surface area contributed by atoms with E-state index in [2.05, 4.69) is 5.92 Å². The third-order valence-electron chi connectivity index (χ3n) is 1.75. The number of hydrogen-bond acceptors (Lipinski definition) is 2. The standard InChI is InChI=1S/C10H9F2NO2S/c1-2-3-7-13-16(14,15)10-8(11)5-4-6-9(10)12/h1,4-6,13H,3,7H2. The van der Waals surface area contributed by atoms with Crippen LogP contribution in [-0.4, -0.2) is 15.0 Å².